The zero-order valence-corrected chi connectivity index (χ0v) is 11.1. The Morgan fingerprint density at radius 2 is 2.06 bits per heavy atom. The van der Waals surface area contributed by atoms with Crippen LogP contribution in [-0.4, -0.2) is 37.0 Å². The molecule has 0 aliphatic rings. The van der Waals surface area contributed by atoms with Crippen LogP contribution in [0.4, 0.5) is 5.82 Å². The van der Waals surface area contributed by atoms with E-state index in [2.05, 4.69) is 20.4 Å². The van der Waals surface area contributed by atoms with E-state index in [4.69, 9.17) is 23.2 Å². The molecule has 2 aromatic heterocycles. The smallest absolute Gasteiger partial charge is 0.163 e. The summed E-state index contributed by atoms with van der Waals surface area (Å²) in [6, 6.07) is 0. The summed E-state index contributed by atoms with van der Waals surface area (Å²) in [5.41, 5.74) is 0.370. The highest BCUT2D eigenvalue weighted by Gasteiger charge is 2.23. The summed E-state index contributed by atoms with van der Waals surface area (Å²) < 4.78 is 1.70. The Balaban J connectivity index is 2.42. The van der Waals surface area contributed by atoms with Gasteiger partial charge < -0.3 is 5.32 Å². The molecule has 0 saturated heterocycles. The molecular formula is C10H13Cl2N5. The number of hydrogen-bond donors (Lipinski definition) is 1. The number of aryl methyl sites for hydroxylation is 1. The van der Waals surface area contributed by atoms with E-state index in [0.717, 1.165) is 11.0 Å². The van der Waals surface area contributed by atoms with E-state index in [1.165, 1.54) is 6.33 Å². The second-order valence-corrected chi connectivity index (χ2v) is 4.72. The molecule has 2 heterocycles. The molecule has 92 valence electrons. The zero-order chi connectivity index (χ0) is 12.5. The van der Waals surface area contributed by atoms with Gasteiger partial charge in [0.05, 0.1) is 17.1 Å². The van der Waals surface area contributed by atoms with Gasteiger partial charge in [0.15, 0.2) is 5.65 Å². The van der Waals surface area contributed by atoms with Crippen LogP contribution in [-0.2, 0) is 7.05 Å². The number of anilines is 1. The maximum absolute atomic E-state index is 5.90. The number of fused-ring (bicyclic) bond motifs is 1. The fourth-order valence-corrected chi connectivity index (χ4v) is 1.87. The van der Waals surface area contributed by atoms with Gasteiger partial charge in [-0.05, 0) is 6.92 Å². The van der Waals surface area contributed by atoms with Crippen molar-refractivity contribution in [1.29, 1.82) is 0 Å². The van der Waals surface area contributed by atoms with E-state index in [9.17, 15) is 0 Å². The quantitative estimate of drug-likeness (QED) is 0.866. The van der Waals surface area contributed by atoms with Crippen molar-refractivity contribution in [3.63, 3.8) is 0 Å². The first-order chi connectivity index (χ1) is 8.09. The lowest BCUT2D eigenvalue weighted by molar-refractivity contribution is 0.646. The third kappa shape index (κ3) is 2.30. The number of rotatable bonds is 4. The minimum absolute atomic E-state index is 0.391. The summed E-state index contributed by atoms with van der Waals surface area (Å²) >= 11 is 11.8. The molecule has 1 N–H and O–H groups in total. The Labute approximate surface area is 109 Å². The van der Waals surface area contributed by atoms with E-state index < -0.39 is 5.54 Å². The normalized spacial score (nSPS) is 12.0. The largest absolute Gasteiger partial charge is 0.362 e. The molecule has 7 heteroatoms. The van der Waals surface area contributed by atoms with Crippen LogP contribution in [0.15, 0.2) is 12.5 Å². The molecule has 0 amide bonds. The van der Waals surface area contributed by atoms with E-state index in [0.29, 0.717) is 17.6 Å². The predicted molar refractivity (Wildman–Crippen MR) is 69.8 cm³/mol. The summed E-state index contributed by atoms with van der Waals surface area (Å²) in [4.78, 5) is 8.37. The molecule has 0 radical (unpaired) electrons. The third-order valence-electron chi connectivity index (χ3n) is 2.54. The lowest BCUT2D eigenvalue weighted by Crippen LogP contribution is -2.39. The van der Waals surface area contributed by atoms with E-state index in [1.807, 2.05) is 14.0 Å². The van der Waals surface area contributed by atoms with Gasteiger partial charge in [-0.25, -0.2) is 9.97 Å². The summed E-state index contributed by atoms with van der Waals surface area (Å²) in [5, 5.41) is 8.25. The van der Waals surface area contributed by atoms with Crippen molar-refractivity contribution >= 4 is 40.1 Å². The SMILES string of the molecule is Cn1ncc2c(NC(C)(CCl)CCl)ncnc21. The highest BCUT2D eigenvalue weighted by atomic mass is 35.5. The second kappa shape index (κ2) is 4.66. The molecule has 0 saturated carbocycles. The van der Waals surface area contributed by atoms with Gasteiger partial charge >= 0.3 is 0 Å². The van der Waals surface area contributed by atoms with Crippen LogP contribution in [0.1, 0.15) is 6.92 Å². The lowest BCUT2D eigenvalue weighted by atomic mass is 10.1. The molecule has 0 atom stereocenters. The minimum Gasteiger partial charge on any atom is -0.362 e. The molecule has 0 spiro atoms. The average Bonchev–Trinajstić information content (AvgIpc) is 2.72. The second-order valence-electron chi connectivity index (χ2n) is 4.18. The van der Waals surface area contributed by atoms with Gasteiger partial charge in [0.25, 0.3) is 0 Å². The number of aromatic nitrogens is 4. The number of alkyl halides is 2. The maximum Gasteiger partial charge on any atom is 0.163 e. The first kappa shape index (κ1) is 12.4. The minimum atomic E-state index is -0.403. The molecule has 0 bridgehead atoms. The van der Waals surface area contributed by atoms with Crippen LogP contribution in [0.3, 0.4) is 0 Å². The molecule has 17 heavy (non-hydrogen) atoms. The number of halogens is 2. The van der Waals surface area contributed by atoms with Gasteiger partial charge in [-0.15, -0.1) is 23.2 Å². The van der Waals surface area contributed by atoms with E-state index in [-0.39, 0.29) is 0 Å². The molecule has 2 aromatic rings. The average molecular weight is 274 g/mol. The van der Waals surface area contributed by atoms with Crippen LogP contribution in [0, 0.1) is 0 Å². The van der Waals surface area contributed by atoms with Crippen LogP contribution in [0.5, 0.6) is 0 Å². The van der Waals surface area contributed by atoms with Crippen LogP contribution in [0.2, 0.25) is 0 Å². The van der Waals surface area contributed by atoms with Crippen molar-refractivity contribution < 1.29 is 0 Å². The Morgan fingerprint density at radius 1 is 1.35 bits per heavy atom. The van der Waals surface area contributed by atoms with Crippen molar-refractivity contribution in [2.45, 2.75) is 12.5 Å². The van der Waals surface area contributed by atoms with Gasteiger partial charge in [0, 0.05) is 18.8 Å². The van der Waals surface area contributed by atoms with Gasteiger partial charge in [-0.1, -0.05) is 0 Å². The molecule has 2 rings (SSSR count). The monoisotopic (exact) mass is 273 g/mol. The van der Waals surface area contributed by atoms with Crippen molar-refractivity contribution in [3.05, 3.63) is 12.5 Å². The van der Waals surface area contributed by atoms with Crippen LogP contribution < -0.4 is 5.32 Å². The Morgan fingerprint density at radius 3 is 2.71 bits per heavy atom. The van der Waals surface area contributed by atoms with Crippen LogP contribution in [0.25, 0.3) is 11.0 Å². The summed E-state index contributed by atoms with van der Waals surface area (Å²) in [6.45, 7) is 1.94. The molecule has 5 nitrogen and oxygen atoms in total. The first-order valence-corrected chi connectivity index (χ1v) is 6.19. The highest BCUT2D eigenvalue weighted by molar-refractivity contribution is 6.22. The fourth-order valence-electron chi connectivity index (χ4n) is 1.45. The first-order valence-electron chi connectivity index (χ1n) is 5.12. The Hall–Kier alpha value is -1.07. The maximum atomic E-state index is 5.90. The number of nitrogens with zero attached hydrogens (tertiary/aromatic N) is 4. The van der Waals surface area contributed by atoms with Crippen molar-refractivity contribution in [1.82, 2.24) is 19.7 Å². The fraction of sp³-hybridized carbons (Fsp3) is 0.500. The van der Waals surface area contributed by atoms with E-state index >= 15 is 0 Å². The summed E-state index contributed by atoms with van der Waals surface area (Å²) in [6.07, 6.45) is 3.22. The van der Waals surface area contributed by atoms with Gasteiger partial charge in [0.1, 0.15) is 12.1 Å². The molecular weight excluding hydrogens is 261 g/mol. The van der Waals surface area contributed by atoms with Gasteiger partial charge in [-0.2, -0.15) is 5.10 Å². The van der Waals surface area contributed by atoms with Crippen molar-refractivity contribution in [2.24, 2.45) is 7.05 Å². The molecule has 0 aliphatic carbocycles. The summed E-state index contributed by atoms with van der Waals surface area (Å²) in [5.74, 6) is 1.48. The van der Waals surface area contributed by atoms with E-state index in [1.54, 1.807) is 10.9 Å². The van der Waals surface area contributed by atoms with Crippen molar-refractivity contribution in [2.75, 3.05) is 17.1 Å². The molecule has 0 fully saturated rings. The Bertz CT molecular complexity index is 520. The number of nitrogens with one attached hydrogen (secondary N) is 1. The highest BCUT2D eigenvalue weighted by Crippen LogP contribution is 2.23. The molecule has 0 aromatic carbocycles. The Kier molecular flexibility index (Phi) is 3.40. The molecule has 0 aliphatic heterocycles. The van der Waals surface area contributed by atoms with Crippen molar-refractivity contribution in [3.8, 4) is 0 Å². The lowest BCUT2D eigenvalue weighted by Gasteiger charge is -2.26. The topological polar surface area (TPSA) is 55.6 Å². The van der Waals surface area contributed by atoms with Gasteiger partial charge in [0.2, 0.25) is 0 Å². The standard InChI is InChI=1S/C10H13Cl2N5/c1-10(4-11,5-12)16-8-7-3-15-17(2)9(7)14-6-13-8/h3,6H,4-5H2,1-2H3,(H,13,14,16). The third-order valence-corrected chi connectivity index (χ3v) is 3.72. The predicted octanol–water partition coefficient (Wildman–Crippen LogP) is 2.01. The molecule has 0 unspecified atom stereocenters. The van der Waals surface area contributed by atoms with Gasteiger partial charge in [-0.3, -0.25) is 4.68 Å². The summed E-state index contributed by atoms with van der Waals surface area (Å²) in [7, 11) is 1.83. The van der Waals surface area contributed by atoms with Crippen LogP contribution >= 0.6 is 23.2 Å². The zero-order valence-electron chi connectivity index (χ0n) is 9.61. The number of hydrogen-bond acceptors (Lipinski definition) is 4.